The minimum atomic E-state index is -0.867. The molecule has 0 aliphatic heterocycles. The van der Waals surface area contributed by atoms with Crippen molar-refractivity contribution in [3.05, 3.63) is 29.5 Å². The molecule has 1 heterocycles. The Kier molecular flexibility index (Phi) is 4.47. The van der Waals surface area contributed by atoms with E-state index in [0.717, 1.165) is 22.3 Å². The third-order valence-corrected chi connectivity index (χ3v) is 3.29. The quantitative estimate of drug-likeness (QED) is 0.738. The van der Waals surface area contributed by atoms with Crippen LogP contribution >= 0.6 is 0 Å². The summed E-state index contributed by atoms with van der Waals surface area (Å²) in [4.78, 5) is 22.0. The van der Waals surface area contributed by atoms with Crippen molar-refractivity contribution in [3.8, 4) is 0 Å². The summed E-state index contributed by atoms with van der Waals surface area (Å²) in [6.45, 7) is 4.19. The van der Waals surface area contributed by atoms with Crippen molar-refractivity contribution < 1.29 is 19.1 Å². The number of aryl methyl sites for hydroxylation is 2. The lowest BCUT2D eigenvalue weighted by Gasteiger charge is -2.07. The van der Waals surface area contributed by atoms with Gasteiger partial charge in [0.05, 0.1) is 0 Å². The maximum absolute atomic E-state index is 11.7. The number of amides is 2. The SMILES string of the molecule is Cc1oc2ccc(NC(=O)NCCCC(=O)O)cc2c1C. The maximum Gasteiger partial charge on any atom is 0.319 e. The number of furan rings is 1. The van der Waals surface area contributed by atoms with Crippen LogP contribution in [0.1, 0.15) is 24.2 Å². The van der Waals surface area contributed by atoms with E-state index in [9.17, 15) is 9.59 Å². The molecule has 1 aromatic carbocycles. The molecule has 0 atom stereocenters. The van der Waals surface area contributed by atoms with Gasteiger partial charge in [0.1, 0.15) is 11.3 Å². The highest BCUT2D eigenvalue weighted by atomic mass is 16.4. The van der Waals surface area contributed by atoms with Gasteiger partial charge in [0, 0.05) is 24.0 Å². The van der Waals surface area contributed by atoms with Crippen LogP contribution in [-0.4, -0.2) is 23.7 Å². The van der Waals surface area contributed by atoms with Crippen molar-refractivity contribution in [1.29, 1.82) is 0 Å². The summed E-state index contributed by atoms with van der Waals surface area (Å²) in [6.07, 6.45) is 0.446. The lowest BCUT2D eigenvalue weighted by molar-refractivity contribution is -0.137. The first kappa shape index (κ1) is 14.9. The number of hydrogen-bond acceptors (Lipinski definition) is 3. The Labute approximate surface area is 122 Å². The molecule has 3 N–H and O–H groups in total. The van der Waals surface area contributed by atoms with Gasteiger partial charge in [-0.3, -0.25) is 4.79 Å². The van der Waals surface area contributed by atoms with Gasteiger partial charge in [-0.05, 0) is 44.0 Å². The van der Waals surface area contributed by atoms with E-state index in [1.165, 1.54) is 0 Å². The van der Waals surface area contributed by atoms with Gasteiger partial charge in [0.2, 0.25) is 0 Å². The van der Waals surface area contributed by atoms with Crippen LogP contribution in [0.25, 0.3) is 11.0 Å². The number of benzene rings is 1. The summed E-state index contributed by atoms with van der Waals surface area (Å²) in [5.74, 6) is -0.00580. The Morgan fingerprint density at radius 3 is 2.76 bits per heavy atom. The van der Waals surface area contributed by atoms with Crippen LogP contribution in [0.15, 0.2) is 22.6 Å². The van der Waals surface area contributed by atoms with Crippen molar-refractivity contribution in [2.75, 3.05) is 11.9 Å². The molecule has 2 aromatic rings. The van der Waals surface area contributed by atoms with Crippen LogP contribution in [0.3, 0.4) is 0 Å². The average Bonchev–Trinajstić information content (AvgIpc) is 2.70. The summed E-state index contributed by atoms with van der Waals surface area (Å²) in [5.41, 5.74) is 2.51. The standard InChI is InChI=1S/C15H18N2O4/c1-9-10(2)21-13-6-5-11(8-12(9)13)17-15(20)16-7-3-4-14(18)19/h5-6,8H,3-4,7H2,1-2H3,(H,18,19)(H2,16,17,20). The maximum atomic E-state index is 11.7. The normalized spacial score (nSPS) is 10.6. The third kappa shape index (κ3) is 3.75. The summed E-state index contributed by atoms with van der Waals surface area (Å²) in [7, 11) is 0. The van der Waals surface area contributed by atoms with Crippen molar-refractivity contribution >= 4 is 28.7 Å². The van der Waals surface area contributed by atoms with Gasteiger partial charge in [-0.2, -0.15) is 0 Å². The number of rotatable bonds is 5. The summed E-state index contributed by atoms with van der Waals surface area (Å²) in [5, 5.41) is 14.8. The van der Waals surface area contributed by atoms with E-state index < -0.39 is 5.97 Å². The predicted octanol–water partition coefficient (Wildman–Crippen LogP) is 3.04. The highest BCUT2D eigenvalue weighted by Crippen LogP contribution is 2.27. The number of aliphatic carboxylic acids is 1. The number of carbonyl (C=O) groups is 2. The fourth-order valence-corrected chi connectivity index (χ4v) is 2.04. The zero-order valence-electron chi connectivity index (χ0n) is 12.0. The largest absolute Gasteiger partial charge is 0.481 e. The summed E-state index contributed by atoms with van der Waals surface area (Å²) >= 11 is 0. The molecule has 1 aromatic heterocycles. The van der Waals surface area contributed by atoms with Gasteiger partial charge in [-0.1, -0.05) is 0 Å². The average molecular weight is 290 g/mol. The van der Waals surface area contributed by atoms with Crippen molar-refractivity contribution in [3.63, 3.8) is 0 Å². The number of nitrogens with one attached hydrogen (secondary N) is 2. The lowest BCUT2D eigenvalue weighted by Crippen LogP contribution is -2.29. The molecular weight excluding hydrogens is 272 g/mol. The Balaban J connectivity index is 1.94. The van der Waals surface area contributed by atoms with Crippen molar-refractivity contribution in [2.24, 2.45) is 0 Å². The molecule has 0 aliphatic rings. The highest BCUT2D eigenvalue weighted by Gasteiger charge is 2.08. The van der Waals surface area contributed by atoms with E-state index in [-0.39, 0.29) is 12.5 Å². The first-order chi connectivity index (χ1) is 9.97. The lowest BCUT2D eigenvalue weighted by atomic mass is 10.1. The van der Waals surface area contributed by atoms with E-state index >= 15 is 0 Å². The van der Waals surface area contributed by atoms with Gasteiger partial charge >= 0.3 is 12.0 Å². The Morgan fingerprint density at radius 1 is 1.29 bits per heavy atom. The van der Waals surface area contributed by atoms with Crippen LogP contribution in [-0.2, 0) is 4.79 Å². The number of carbonyl (C=O) groups excluding carboxylic acids is 1. The zero-order chi connectivity index (χ0) is 15.4. The molecule has 0 unspecified atom stereocenters. The van der Waals surface area contributed by atoms with Crippen LogP contribution in [0.2, 0.25) is 0 Å². The van der Waals surface area contributed by atoms with Gasteiger partial charge in [-0.25, -0.2) is 4.79 Å². The fourth-order valence-electron chi connectivity index (χ4n) is 2.04. The second-order valence-electron chi connectivity index (χ2n) is 4.87. The molecule has 0 radical (unpaired) electrons. The van der Waals surface area contributed by atoms with E-state index in [0.29, 0.717) is 18.7 Å². The Morgan fingerprint density at radius 2 is 2.05 bits per heavy atom. The molecule has 2 rings (SSSR count). The summed E-state index contributed by atoms with van der Waals surface area (Å²) < 4.78 is 5.58. The molecule has 0 aliphatic carbocycles. The van der Waals surface area contributed by atoms with Gasteiger partial charge in [-0.15, -0.1) is 0 Å². The molecule has 6 nitrogen and oxygen atoms in total. The molecular formula is C15H18N2O4. The topological polar surface area (TPSA) is 91.6 Å². The molecule has 21 heavy (non-hydrogen) atoms. The first-order valence-corrected chi connectivity index (χ1v) is 6.74. The summed E-state index contributed by atoms with van der Waals surface area (Å²) in [6, 6.07) is 5.09. The van der Waals surface area contributed by atoms with Crippen LogP contribution in [0.4, 0.5) is 10.5 Å². The zero-order valence-corrected chi connectivity index (χ0v) is 12.0. The van der Waals surface area contributed by atoms with Crippen molar-refractivity contribution in [1.82, 2.24) is 5.32 Å². The monoisotopic (exact) mass is 290 g/mol. The van der Waals surface area contributed by atoms with Crippen LogP contribution in [0.5, 0.6) is 0 Å². The van der Waals surface area contributed by atoms with E-state index in [1.807, 2.05) is 26.0 Å². The number of anilines is 1. The highest BCUT2D eigenvalue weighted by molar-refractivity contribution is 5.93. The fraction of sp³-hybridized carbons (Fsp3) is 0.333. The van der Waals surface area contributed by atoms with Crippen LogP contribution < -0.4 is 10.6 Å². The molecule has 0 saturated carbocycles. The molecule has 0 fully saturated rings. The Bertz CT molecular complexity index is 676. The molecule has 0 spiro atoms. The number of carboxylic acids is 1. The number of hydrogen-bond donors (Lipinski definition) is 3. The third-order valence-electron chi connectivity index (χ3n) is 3.29. The van der Waals surface area contributed by atoms with E-state index in [2.05, 4.69) is 10.6 Å². The number of carboxylic acid groups (broad SMARTS) is 1. The minimum absolute atomic E-state index is 0.0414. The first-order valence-electron chi connectivity index (χ1n) is 6.74. The predicted molar refractivity (Wildman–Crippen MR) is 79.6 cm³/mol. The minimum Gasteiger partial charge on any atom is -0.481 e. The molecule has 2 amide bonds. The second-order valence-corrected chi connectivity index (χ2v) is 4.87. The number of fused-ring (bicyclic) bond motifs is 1. The smallest absolute Gasteiger partial charge is 0.319 e. The van der Waals surface area contributed by atoms with Gasteiger partial charge in [0.25, 0.3) is 0 Å². The van der Waals surface area contributed by atoms with Crippen molar-refractivity contribution in [2.45, 2.75) is 26.7 Å². The Hall–Kier alpha value is -2.50. The van der Waals surface area contributed by atoms with E-state index in [1.54, 1.807) is 6.07 Å². The van der Waals surface area contributed by atoms with Gasteiger partial charge < -0.3 is 20.2 Å². The molecule has 0 bridgehead atoms. The molecule has 112 valence electrons. The van der Waals surface area contributed by atoms with Crippen LogP contribution in [0, 0.1) is 13.8 Å². The number of urea groups is 1. The van der Waals surface area contributed by atoms with E-state index in [4.69, 9.17) is 9.52 Å². The second kappa shape index (κ2) is 6.30. The van der Waals surface area contributed by atoms with Gasteiger partial charge in [0.15, 0.2) is 0 Å². The molecule has 0 saturated heterocycles. The molecule has 6 heteroatoms.